The van der Waals surface area contributed by atoms with Gasteiger partial charge in [0.15, 0.2) is 0 Å². The van der Waals surface area contributed by atoms with Gasteiger partial charge in [-0.1, -0.05) is 18.1 Å². The maximum absolute atomic E-state index is 5.13. The van der Waals surface area contributed by atoms with E-state index in [0.29, 0.717) is 0 Å². The summed E-state index contributed by atoms with van der Waals surface area (Å²) in [7, 11) is 4.15. The third-order valence-corrected chi connectivity index (χ3v) is 3.64. The van der Waals surface area contributed by atoms with E-state index in [4.69, 9.17) is 4.65 Å². The van der Waals surface area contributed by atoms with Crippen LogP contribution in [0, 0.1) is 11.8 Å². The number of hydrogen-bond donors (Lipinski definition) is 0. The van der Waals surface area contributed by atoms with Crippen LogP contribution in [0.2, 0.25) is 5.82 Å². The molecule has 3 heteroatoms. The van der Waals surface area contributed by atoms with E-state index in [2.05, 4.69) is 14.8 Å². The lowest BCUT2D eigenvalue weighted by Gasteiger charge is -2.19. The Hall–Kier alpha value is -0.170. The van der Waals surface area contributed by atoms with Crippen molar-refractivity contribution in [3.8, 4) is 0 Å². The van der Waals surface area contributed by atoms with Crippen molar-refractivity contribution in [3.63, 3.8) is 0 Å². The highest BCUT2D eigenvalue weighted by Crippen LogP contribution is 2.62. The second-order valence-electron chi connectivity index (χ2n) is 4.74. The summed E-state index contributed by atoms with van der Waals surface area (Å²) in [6, 6.07) is 0. The third-order valence-electron chi connectivity index (χ3n) is 3.64. The first-order valence-corrected chi connectivity index (χ1v) is 5.45. The molecule has 70 valence electrons. The fourth-order valence-corrected chi connectivity index (χ4v) is 2.69. The van der Waals surface area contributed by atoms with Crippen molar-refractivity contribution in [2.45, 2.75) is 32.0 Å². The van der Waals surface area contributed by atoms with Gasteiger partial charge in [0.2, 0.25) is 0 Å². The zero-order valence-corrected chi connectivity index (χ0v) is 8.97. The smallest absolute Gasteiger partial charge is 0.257 e. The highest BCUT2D eigenvalue weighted by molar-refractivity contribution is 6.20. The van der Waals surface area contributed by atoms with E-state index in [1.165, 1.54) is 19.3 Å². The Morgan fingerprint density at radius 1 is 1.62 bits per heavy atom. The summed E-state index contributed by atoms with van der Waals surface area (Å²) < 4.78 is 5.13. The molecular formula is C10H18B2O. The van der Waals surface area contributed by atoms with E-state index in [-0.39, 0.29) is 0 Å². The van der Waals surface area contributed by atoms with Gasteiger partial charge >= 0.3 is 0 Å². The van der Waals surface area contributed by atoms with Crippen LogP contribution in [0.1, 0.15) is 26.2 Å². The van der Waals surface area contributed by atoms with Crippen molar-refractivity contribution in [2.24, 2.45) is 11.8 Å². The molecule has 13 heavy (non-hydrogen) atoms. The number of allylic oxidation sites excluding steroid dienone is 2. The molecule has 2 aliphatic carbocycles. The molecule has 0 fully saturated rings. The zero-order valence-electron chi connectivity index (χ0n) is 8.97. The highest BCUT2D eigenvalue weighted by Gasteiger charge is 2.45. The van der Waals surface area contributed by atoms with Crippen LogP contribution in [0.3, 0.4) is 0 Å². The van der Waals surface area contributed by atoms with E-state index < -0.39 is 0 Å². The predicted octanol–water partition coefficient (Wildman–Crippen LogP) is 0.719. The molecule has 0 aromatic rings. The molecule has 0 heterocycles. The minimum absolute atomic E-state index is 0.740. The van der Waals surface area contributed by atoms with E-state index in [1.54, 1.807) is 13.6 Å². The van der Waals surface area contributed by atoms with Gasteiger partial charge in [-0.25, -0.2) is 0 Å². The highest BCUT2D eigenvalue weighted by atomic mass is 16.4. The van der Waals surface area contributed by atoms with Gasteiger partial charge in [-0.2, -0.15) is 0 Å². The lowest BCUT2D eigenvalue weighted by Crippen LogP contribution is -2.09. The summed E-state index contributed by atoms with van der Waals surface area (Å²) in [6.07, 6.45) is 4.14. The van der Waals surface area contributed by atoms with Gasteiger partial charge in [-0.3, -0.25) is 0 Å². The average Bonchev–Trinajstić information content (AvgIpc) is 2.52. The van der Waals surface area contributed by atoms with Crippen LogP contribution in [-0.2, 0) is 4.65 Å². The first kappa shape index (κ1) is 9.39. The van der Waals surface area contributed by atoms with Crippen LogP contribution in [0.5, 0.6) is 0 Å². The van der Waals surface area contributed by atoms with Crippen molar-refractivity contribution in [1.29, 1.82) is 0 Å². The SMILES string of the molecule is BOCC(C)CCC1CC2=C1C2B. The molecule has 0 aromatic carbocycles. The van der Waals surface area contributed by atoms with Gasteiger partial charge in [-0.15, -0.1) is 0 Å². The first-order valence-electron chi connectivity index (χ1n) is 5.45. The summed E-state index contributed by atoms with van der Waals surface area (Å²) in [6.45, 7) is 3.21. The van der Waals surface area contributed by atoms with Crippen molar-refractivity contribution in [1.82, 2.24) is 0 Å². The third kappa shape index (κ3) is 1.71. The van der Waals surface area contributed by atoms with Crippen molar-refractivity contribution >= 4 is 15.9 Å². The molecule has 0 aromatic heterocycles. The van der Waals surface area contributed by atoms with Gasteiger partial charge in [0, 0.05) is 6.61 Å². The van der Waals surface area contributed by atoms with Gasteiger partial charge in [0.05, 0.1) is 0 Å². The van der Waals surface area contributed by atoms with Crippen molar-refractivity contribution in [2.75, 3.05) is 6.61 Å². The van der Waals surface area contributed by atoms with Crippen LogP contribution in [0.25, 0.3) is 0 Å². The van der Waals surface area contributed by atoms with E-state index >= 15 is 0 Å². The Morgan fingerprint density at radius 3 is 2.85 bits per heavy atom. The lowest BCUT2D eigenvalue weighted by atomic mass is 9.87. The molecule has 3 unspecified atom stereocenters. The Bertz CT molecular complexity index is 237. The molecule has 0 aliphatic heterocycles. The van der Waals surface area contributed by atoms with E-state index in [1.807, 2.05) is 5.57 Å². The molecule has 1 nitrogen and oxygen atoms in total. The molecule has 2 aliphatic rings. The largest absolute Gasteiger partial charge is 0.444 e. The normalized spacial score (nSPS) is 32.4. The zero-order chi connectivity index (χ0) is 9.42. The van der Waals surface area contributed by atoms with Crippen LogP contribution in [-0.4, -0.2) is 22.5 Å². The molecule has 0 N–H and O–H groups in total. The molecule has 0 spiro atoms. The Morgan fingerprint density at radius 2 is 2.38 bits per heavy atom. The minimum Gasteiger partial charge on any atom is -0.444 e. The topological polar surface area (TPSA) is 9.23 Å². The fraction of sp³-hybridized carbons (Fsp3) is 0.800. The number of hydrogen-bond acceptors (Lipinski definition) is 1. The van der Waals surface area contributed by atoms with Crippen LogP contribution in [0.4, 0.5) is 0 Å². The van der Waals surface area contributed by atoms with Gasteiger partial charge in [-0.05, 0) is 36.9 Å². The predicted molar refractivity (Wildman–Crippen MR) is 60.3 cm³/mol. The second-order valence-corrected chi connectivity index (χ2v) is 4.74. The summed E-state index contributed by atoms with van der Waals surface area (Å²) in [4.78, 5) is 0. The molecule has 0 saturated carbocycles. The Labute approximate surface area is 82.8 Å². The number of rotatable bonds is 5. The summed E-state index contributed by atoms with van der Waals surface area (Å²) in [5.74, 6) is 2.61. The van der Waals surface area contributed by atoms with Gasteiger partial charge < -0.3 is 4.65 Å². The lowest BCUT2D eigenvalue weighted by molar-refractivity contribution is 0.263. The molecular weight excluding hydrogens is 158 g/mol. The quantitative estimate of drug-likeness (QED) is 0.442. The molecule has 0 saturated heterocycles. The van der Waals surface area contributed by atoms with Crippen LogP contribution in [0.15, 0.2) is 11.1 Å². The fourth-order valence-electron chi connectivity index (χ4n) is 2.69. The van der Waals surface area contributed by atoms with Crippen LogP contribution < -0.4 is 0 Å². The standard InChI is InChI=1S/C10H18B2O/c1-6(5-13-12)2-3-7-4-8-9(7)10(8)11/h6-7,10H,2-5,11-12H2,1H3. The molecule has 0 bridgehead atoms. The Balaban J connectivity index is 1.62. The molecule has 0 amide bonds. The summed E-state index contributed by atoms with van der Waals surface area (Å²) in [5.41, 5.74) is 3.59. The molecule has 0 radical (unpaired) electrons. The Kier molecular flexibility index (Phi) is 2.55. The molecule has 3 atom stereocenters. The average molecular weight is 176 g/mol. The summed E-state index contributed by atoms with van der Waals surface area (Å²) in [5, 5.41) is 0. The summed E-state index contributed by atoms with van der Waals surface area (Å²) >= 11 is 0. The van der Waals surface area contributed by atoms with Gasteiger partial charge in [0.1, 0.15) is 7.85 Å². The van der Waals surface area contributed by atoms with Crippen LogP contribution >= 0.6 is 0 Å². The van der Waals surface area contributed by atoms with E-state index in [9.17, 15) is 0 Å². The van der Waals surface area contributed by atoms with E-state index in [0.717, 1.165) is 24.3 Å². The van der Waals surface area contributed by atoms with Crippen molar-refractivity contribution < 1.29 is 4.65 Å². The van der Waals surface area contributed by atoms with Crippen molar-refractivity contribution in [3.05, 3.63) is 11.1 Å². The minimum atomic E-state index is 0.740. The maximum Gasteiger partial charge on any atom is 0.257 e. The van der Waals surface area contributed by atoms with Gasteiger partial charge in [0.25, 0.3) is 8.05 Å². The second kappa shape index (κ2) is 3.53. The molecule has 2 rings (SSSR count). The maximum atomic E-state index is 5.13. The first-order chi connectivity index (χ1) is 6.24. The monoisotopic (exact) mass is 176 g/mol.